The van der Waals surface area contributed by atoms with E-state index in [1.807, 2.05) is 0 Å². The maximum absolute atomic E-state index is 12.2. The summed E-state index contributed by atoms with van der Waals surface area (Å²) in [4.78, 5) is 26.1. The minimum Gasteiger partial charge on any atom is -0.289 e. The number of halogens is 2. The zero-order valence-electron chi connectivity index (χ0n) is 9.34. The molecule has 2 aromatic rings. The summed E-state index contributed by atoms with van der Waals surface area (Å²) in [6.07, 6.45) is 2.90. The Hall–Kier alpha value is -1.98. The lowest BCUT2D eigenvalue weighted by Crippen LogP contribution is -2.03. The van der Waals surface area contributed by atoms with Crippen LogP contribution in [0.4, 0.5) is 5.69 Å². The van der Waals surface area contributed by atoms with Crippen molar-refractivity contribution in [3.8, 4) is 0 Å². The molecule has 19 heavy (non-hydrogen) atoms. The van der Waals surface area contributed by atoms with E-state index in [0.717, 1.165) is 6.07 Å². The number of aromatic nitrogens is 1. The monoisotopic (exact) mass is 296 g/mol. The van der Waals surface area contributed by atoms with E-state index in [1.165, 1.54) is 30.6 Å². The molecule has 0 unspecified atom stereocenters. The van der Waals surface area contributed by atoms with Gasteiger partial charge in [0.25, 0.3) is 5.69 Å². The van der Waals surface area contributed by atoms with Gasteiger partial charge in [-0.15, -0.1) is 0 Å². The summed E-state index contributed by atoms with van der Waals surface area (Å²) in [5, 5.41) is 10.8. The molecule has 0 amide bonds. The Balaban J connectivity index is 2.54. The standard InChI is InChI=1S/C12H6Cl2N2O3/c13-9-6-10(14)11(16(18)19)5-8(9)12(17)7-1-3-15-4-2-7/h1-6H. The molecule has 0 fully saturated rings. The summed E-state index contributed by atoms with van der Waals surface area (Å²) in [6.45, 7) is 0. The second kappa shape index (κ2) is 5.34. The number of ketones is 1. The summed E-state index contributed by atoms with van der Waals surface area (Å²) in [5.41, 5.74) is 0.0148. The average molecular weight is 297 g/mol. The molecular formula is C12H6Cl2N2O3. The second-order valence-corrected chi connectivity index (χ2v) is 4.42. The molecule has 0 aliphatic rings. The van der Waals surface area contributed by atoms with Crippen molar-refractivity contribution in [1.82, 2.24) is 4.98 Å². The van der Waals surface area contributed by atoms with E-state index in [9.17, 15) is 14.9 Å². The number of nitro groups is 1. The first-order valence-electron chi connectivity index (χ1n) is 5.09. The van der Waals surface area contributed by atoms with Gasteiger partial charge < -0.3 is 0 Å². The van der Waals surface area contributed by atoms with Gasteiger partial charge >= 0.3 is 0 Å². The Labute approximate surface area is 117 Å². The highest BCUT2D eigenvalue weighted by molar-refractivity contribution is 6.38. The fraction of sp³-hybridized carbons (Fsp3) is 0. The molecule has 0 radical (unpaired) electrons. The number of hydrogen-bond acceptors (Lipinski definition) is 4. The first-order chi connectivity index (χ1) is 9.00. The highest BCUT2D eigenvalue weighted by Gasteiger charge is 2.20. The Morgan fingerprint density at radius 3 is 2.37 bits per heavy atom. The highest BCUT2D eigenvalue weighted by Crippen LogP contribution is 2.31. The number of hydrogen-bond donors (Lipinski definition) is 0. The van der Waals surface area contributed by atoms with E-state index in [1.54, 1.807) is 0 Å². The van der Waals surface area contributed by atoms with Gasteiger partial charge in [0, 0.05) is 29.6 Å². The summed E-state index contributed by atoms with van der Waals surface area (Å²) in [7, 11) is 0. The summed E-state index contributed by atoms with van der Waals surface area (Å²) >= 11 is 11.6. The molecule has 0 N–H and O–H groups in total. The van der Waals surface area contributed by atoms with Crippen LogP contribution in [0.1, 0.15) is 15.9 Å². The predicted octanol–water partition coefficient (Wildman–Crippen LogP) is 3.53. The quantitative estimate of drug-likeness (QED) is 0.493. The van der Waals surface area contributed by atoms with Crippen molar-refractivity contribution in [3.63, 3.8) is 0 Å². The molecule has 0 saturated heterocycles. The number of pyridine rings is 1. The van der Waals surface area contributed by atoms with Gasteiger partial charge in [-0.05, 0) is 18.2 Å². The molecule has 0 aliphatic carbocycles. The van der Waals surface area contributed by atoms with Gasteiger partial charge in [0.1, 0.15) is 5.02 Å². The molecule has 96 valence electrons. The van der Waals surface area contributed by atoms with Gasteiger partial charge in [0.05, 0.1) is 9.95 Å². The van der Waals surface area contributed by atoms with Crippen LogP contribution in [0.3, 0.4) is 0 Å². The number of nitro benzene ring substituents is 1. The SMILES string of the molecule is O=C(c1ccncc1)c1cc([N+](=O)[O-])c(Cl)cc1Cl. The predicted molar refractivity (Wildman–Crippen MR) is 70.8 cm³/mol. The van der Waals surface area contributed by atoms with Crippen molar-refractivity contribution in [2.24, 2.45) is 0 Å². The van der Waals surface area contributed by atoms with E-state index in [4.69, 9.17) is 23.2 Å². The second-order valence-electron chi connectivity index (χ2n) is 3.61. The molecule has 0 saturated carbocycles. The van der Waals surface area contributed by atoms with Crippen LogP contribution in [0.25, 0.3) is 0 Å². The summed E-state index contributed by atoms with van der Waals surface area (Å²) in [5.74, 6) is -0.424. The van der Waals surface area contributed by atoms with Crippen LogP contribution >= 0.6 is 23.2 Å². The molecule has 0 atom stereocenters. The molecule has 1 aromatic heterocycles. The maximum Gasteiger partial charge on any atom is 0.288 e. The fourth-order valence-corrected chi connectivity index (χ4v) is 2.05. The number of rotatable bonds is 3. The fourth-order valence-electron chi connectivity index (χ4n) is 1.51. The third kappa shape index (κ3) is 2.72. The van der Waals surface area contributed by atoms with Crippen LogP contribution < -0.4 is 0 Å². The third-order valence-corrected chi connectivity index (χ3v) is 3.04. The van der Waals surface area contributed by atoms with E-state index >= 15 is 0 Å². The Morgan fingerprint density at radius 2 is 1.79 bits per heavy atom. The molecule has 2 rings (SSSR count). The van der Waals surface area contributed by atoms with Crippen molar-refractivity contribution in [2.75, 3.05) is 0 Å². The van der Waals surface area contributed by atoms with Crippen molar-refractivity contribution in [3.05, 3.63) is 67.9 Å². The molecule has 7 heteroatoms. The number of benzene rings is 1. The molecular weight excluding hydrogens is 291 g/mol. The van der Waals surface area contributed by atoms with Crippen LogP contribution in [-0.4, -0.2) is 15.7 Å². The van der Waals surface area contributed by atoms with Crippen molar-refractivity contribution in [1.29, 1.82) is 0 Å². The van der Waals surface area contributed by atoms with Crippen LogP contribution in [0.5, 0.6) is 0 Å². The van der Waals surface area contributed by atoms with Gasteiger partial charge in [-0.3, -0.25) is 19.9 Å². The van der Waals surface area contributed by atoms with Crippen molar-refractivity contribution < 1.29 is 9.72 Å². The Morgan fingerprint density at radius 1 is 1.16 bits per heavy atom. The van der Waals surface area contributed by atoms with Crippen molar-refractivity contribution in [2.45, 2.75) is 0 Å². The highest BCUT2D eigenvalue weighted by atomic mass is 35.5. The van der Waals surface area contributed by atoms with Crippen LogP contribution in [-0.2, 0) is 0 Å². The summed E-state index contributed by atoms with van der Waals surface area (Å²) in [6, 6.07) is 5.27. The average Bonchev–Trinajstić information content (AvgIpc) is 2.38. The van der Waals surface area contributed by atoms with Crippen LogP contribution in [0.15, 0.2) is 36.7 Å². The lowest BCUT2D eigenvalue weighted by molar-refractivity contribution is -0.384. The molecule has 0 bridgehead atoms. The minimum absolute atomic E-state index is 0.0315. The van der Waals surface area contributed by atoms with Gasteiger partial charge in [0.15, 0.2) is 5.78 Å². The van der Waals surface area contributed by atoms with Gasteiger partial charge in [-0.2, -0.15) is 0 Å². The van der Waals surface area contributed by atoms with Gasteiger partial charge in [0.2, 0.25) is 0 Å². The largest absolute Gasteiger partial charge is 0.289 e. The zero-order chi connectivity index (χ0) is 14.0. The first-order valence-corrected chi connectivity index (χ1v) is 5.84. The lowest BCUT2D eigenvalue weighted by atomic mass is 10.0. The van der Waals surface area contributed by atoms with E-state index in [0.29, 0.717) is 5.56 Å². The molecule has 1 heterocycles. The van der Waals surface area contributed by atoms with Crippen LogP contribution in [0, 0.1) is 10.1 Å². The summed E-state index contributed by atoms with van der Waals surface area (Å²) < 4.78 is 0. The smallest absolute Gasteiger partial charge is 0.288 e. The number of carbonyl (C=O) groups is 1. The third-order valence-electron chi connectivity index (χ3n) is 2.42. The van der Waals surface area contributed by atoms with Crippen LogP contribution in [0.2, 0.25) is 10.0 Å². The zero-order valence-corrected chi connectivity index (χ0v) is 10.9. The molecule has 0 spiro atoms. The lowest BCUT2D eigenvalue weighted by Gasteiger charge is -2.04. The van der Waals surface area contributed by atoms with E-state index in [-0.39, 0.29) is 21.3 Å². The number of carbonyl (C=O) groups excluding carboxylic acids is 1. The molecule has 5 nitrogen and oxygen atoms in total. The minimum atomic E-state index is -0.665. The molecule has 1 aromatic carbocycles. The Kier molecular flexibility index (Phi) is 3.78. The van der Waals surface area contributed by atoms with Gasteiger partial charge in [-0.25, -0.2) is 0 Å². The van der Waals surface area contributed by atoms with Gasteiger partial charge in [-0.1, -0.05) is 23.2 Å². The van der Waals surface area contributed by atoms with E-state index in [2.05, 4.69) is 4.98 Å². The van der Waals surface area contributed by atoms with E-state index < -0.39 is 10.7 Å². The molecule has 0 aliphatic heterocycles. The topological polar surface area (TPSA) is 73.1 Å². The first kappa shape index (κ1) is 13.5. The maximum atomic E-state index is 12.2. The Bertz CT molecular complexity index is 660. The normalized spacial score (nSPS) is 10.2. The number of nitrogens with zero attached hydrogens (tertiary/aromatic N) is 2. The van der Waals surface area contributed by atoms with Crippen molar-refractivity contribution >= 4 is 34.7 Å².